The molecular weight excluding hydrogens is 288 g/mol. The molecule has 23 heavy (non-hydrogen) atoms. The van der Waals surface area contributed by atoms with Crippen LogP contribution >= 0.6 is 0 Å². The maximum Gasteiger partial charge on any atom is 0.225 e. The molecule has 0 aromatic carbocycles. The molecule has 1 aliphatic heterocycles. The van der Waals surface area contributed by atoms with Gasteiger partial charge in [0, 0.05) is 31.7 Å². The van der Waals surface area contributed by atoms with Crippen molar-refractivity contribution in [2.24, 2.45) is 23.5 Å². The lowest BCUT2D eigenvalue weighted by molar-refractivity contribution is -0.138. The molecule has 3 fully saturated rings. The Bertz CT molecular complexity index is 387. The van der Waals surface area contributed by atoms with E-state index in [2.05, 4.69) is 11.8 Å². The largest absolute Gasteiger partial charge is 0.378 e. The van der Waals surface area contributed by atoms with Crippen molar-refractivity contribution in [3.8, 4) is 0 Å². The normalized spacial score (nSPS) is 38.2. The van der Waals surface area contributed by atoms with Gasteiger partial charge in [0.25, 0.3) is 0 Å². The molecule has 1 amide bonds. The van der Waals surface area contributed by atoms with Crippen LogP contribution in [0.4, 0.5) is 0 Å². The lowest BCUT2D eigenvalue weighted by atomic mass is 9.65. The third-order valence-corrected chi connectivity index (χ3v) is 6.31. The van der Waals surface area contributed by atoms with Crippen molar-refractivity contribution in [1.82, 2.24) is 4.90 Å². The Kier molecular flexibility index (Phi) is 5.97. The van der Waals surface area contributed by atoms with Crippen molar-refractivity contribution in [1.29, 1.82) is 0 Å². The van der Waals surface area contributed by atoms with Gasteiger partial charge in [-0.2, -0.15) is 0 Å². The Morgan fingerprint density at radius 3 is 2.52 bits per heavy atom. The van der Waals surface area contributed by atoms with Gasteiger partial charge < -0.3 is 15.4 Å². The first-order chi connectivity index (χ1) is 11.2. The van der Waals surface area contributed by atoms with E-state index in [0.717, 1.165) is 58.2 Å². The van der Waals surface area contributed by atoms with E-state index in [9.17, 15) is 4.79 Å². The highest BCUT2D eigenvalue weighted by Gasteiger charge is 2.41. The summed E-state index contributed by atoms with van der Waals surface area (Å²) in [6.45, 7) is 4.80. The summed E-state index contributed by atoms with van der Waals surface area (Å²) >= 11 is 0. The second-order valence-electron chi connectivity index (χ2n) is 7.95. The summed E-state index contributed by atoms with van der Waals surface area (Å²) in [7, 11) is 0. The number of carbonyl (C=O) groups is 1. The van der Waals surface area contributed by atoms with Crippen LogP contribution in [0.25, 0.3) is 0 Å². The van der Waals surface area contributed by atoms with Gasteiger partial charge in [0.15, 0.2) is 0 Å². The van der Waals surface area contributed by atoms with Crippen LogP contribution in [0.1, 0.15) is 64.7 Å². The molecule has 132 valence electrons. The van der Waals surface area contributed by atoms with E-state index in [-0.39, 0.29) is 5.92 Å². The van der Waals surface area contributed by atoms with E-state index in [1.807, 2.05) is 0 Å². The Balaban J connectivity index is 1.54. The molecule has 2 aliphatic carbocycles. The van der Waals surface area contributed by atoms with E-state index in [1.165, 1.54) is 19.3 Å². The third-order valence-electron chi connectivity index (χ3n) is 6.31. The van der Waals surface area contributed by atoms with E-state index in [4.69, 9.17) is 10.5 Å². The van der Waals surface area contributed by atoms with Crippen LogP contribution < -0.4 is 5.73 Å². The van der Waals surface area contributed by atoms with Crippen molar-refractivity contribution in [3.05, 3.63) is 0 Å². The zero-order valence-electron chi connectivity index (χ0n) is 14.7. The van der Waals surface area contributed by atoms with Gasteiger partial charge in [0.2, 0.25) is 5.91 Å². The lowest BCUT2D eigenvalue weighted by Crippen LogP contribution is -2.49. The van der Waals surface area contributed by atoms with Crippen LogP contribution in [0, 0.1) is 17.8 Å². The van der Waals surface area contributed by atoms with Gasteiger partial charge in [0.05, 0.1) is 6.10 Å². The van der Waals surface area contributed by atoms with E-state index in [0.29, 0.717) is 29.9 Å². The van der Waals surface area contributed by atoms with Crippen LogP contribution in [-0.4, -0.2) is 42.6 Å². The Hall–Kier alpha value is -0.610. The first kappa shape index (κ1) is 17.2. The van der Waals surface area contributed by atoms with E-state index >= 15 is 0 Å². The Morgan fingerprint density at radius 1 is 1.09 bits per heavy atom. The molecule has 3 aliphatic rings. The van der Waals surface area contributed by atoms with Gasteiger partial charge in [0.1, 0.15) is 0 Å². The summed E-state index contributed by atoms with van der Waals surface area (Å²) in [4.78, 5) is 15.1. The third kappa shape index (κ3) is 4.08. The number of nitrogens with two attached hydrogens (primary N) is 1. The van der Waals surface area contributed by atoms with Crippen molar-refractivity contribution >= 4 is 5.91 Å². The minimum absolute atomic E-state index is 0.234. The van der Waals surface area contributed by atoms with Gasteiger partial charge in [-0.3, -0.25) is 4.79 Å². The van der Waals surface area contributed by atoms with Crippen LogP contribution in [-0.2, 0) is 9.53 Å². The van der Waals surface area contributed by atoms with E-state index < -0.39 is 0 Å². The summed E-state index contributed by atoms with van der Waals surface area (Å²) in [5.41, 5.74) is 6.37. The fourth-order valence-electron chi connectivity index (χ4n) is 4.99. The average Bonchev–Trinajstić information content (AvgIpc) is 2.77. The van der Waals surface area contributed by atoms with E-state index in [1.54, 1.807) is 0 Å². The van der Waals surface area contributed by atoms with Gasteiger partial charge in [-0.1, -0.05) is 13.3 Å². The molecule has 1 saturated heterocycles. The Morgan fingerprint density at radius 2 is 1.83 bits per heavy atom. The predicted octanol–water partition coefficient (Wildman–Crippen LogP) is 2.95. The molecule has 1 heterocycles. The SMILES string of the molecule is CCCOC1CCCN(C(=O)C2CC3CCCC(C2)C3N)CC1. The van der Waals surface area contributed by atoms with Gasteiger partial charge in [-0.25, -0.2) is 0 Å². The minimum Gasteiger partial charge on any atom is -0.378 e. The molecule has 0 aromatic heterocycles. The lowest BCUT2D eigenvalue weighted by Gasteiger charge is -2.44. The average molecular weight is 322 g/mol. The number of rotatable bonds is 4. The predicted molar refractivity (Wildman–Crippen MR) is 92.0 cm³/mol. The second kappa shape index (κ2) is 7.98. The van der Waals surface area contributed by atoms with Crippen LogP contribution in [0.15, 0.2) is 0 Å². The van der Waals surface area contributed by atoms with Crippen LogP contribution in [0.5, 0.6) is 0 Å². The van der Waals surface area contributed by atoms with Gasteiger partial charge >= 0.3 is 0 Å². The molecule has 0 radical (unpaired) electrons. The van der Waals surface area contributed by atoms with Crippen molar-refractivity contribution < 1.29 is 9.53 Å². The molecule has 2 saturated carbocycles. The van der Waals surface area contributed by atoms with Crippen LogP contribution in [0.3, 0.4) is 0 Å². The summed E-state index contributed by atoms with van der Waals surface area (Å²) in [6.07, 6.45) is 10.4. The zero-order valence-corrected chi connectivity index (χ0v) is 14.7. The molecule has 0 aromatic rings. The molecule has 4 heteroatoms. The number of hydrogen-bond acceptors (Lipinski definition) is 3. The molecule has 2 N–H and O–H groups in total. The topological polar surface area (TPSA) is 55.6 Å². The second-order valence-corrected chi connectivity index (χ2v) is 7.95. The monoisotopic (exact) mass is 322 g/mol. The van der Waals surface area contributed by atoms with Crippen molar-refractivity contribution in [2.45, 2.75) is 76.9 Å². The number of carbonyl (C=O) groups excluding carboxylic acids is 1. The highest BCUT2D eigenvalue weighted by Crippen LogP contribution is 2.42. The smallest absolute Gasteiger partial charge is 0.225 e. The number of nitrogens with zero attached hydrogens (tertiary/aromatic N) is 1. The summed E-state index contributed by atoms with van der Waals surface area (Å²) in [6, 6.07) is 0.351. The summed E-state index contributed by atoms with van der Waals surface area (Å²) < 4.78 is 5.91. The fourth-order valence-corrected chi connectivity index (χ4v) is 4.99. The van der Waals surface area contributed by atoms with Crippen molar-refractivity contribution in [3.63, 3.8) is 0 Å². The number of fused-ring (bicyclic) bond motifs is 2. The Labute approximate surface area is 141 Å². The highest BCUT2D eigenvalue weighted by atomic mass is 16.5. The maximum absolute atomic E-state index is 13.0. The standard InChI is InChI=1S/C19H34N2O2/c1-2-11-23-17-7-4-9-21(10-8-17)19(22)16-12-14-5-3-6-15(13-16)18(14)20/h14-18H,2-13,20H2,1H3. The first-order valence-corrected chi connectivity index (χ1v) is 9.85. The number of ether oxygens (including phenoxy) is 1. The number of likely N-dealkylation sites (tertiary alicyclic amines) is 1. The molecule has 3 unspecified atom stereocenters. The molecular formula is C19H34N2O2. The number of hydrogen-bond donors (Lipinski definition) is 1. The molecule has 0 spiro atoms. The van der Waals surface area contributed by atoms with Gasteiger partial charge in [-0.05, 0) is 63.2 Å². The fraction of sp³-hybridized carbons (Fsp3) is 0.947. The molecule has 4 nitrogen and oxygen atoms in total. The van der Waals surface area contributed by atoms with Crippen LogP contribution in [0.2, 0.25) is 0 Å². The van der Waals surface area contributed by atoms with Gasteiger partial charge in [-0.15, -0.1) is 0 Å². The molecule has 2 bridgehead atoms. The zero-order chi connectivity index (χ0) is 16.2. The molecule has 3 atom stereocenters. The summed E-state index contributed by atoms with van der Waals surface area (Å²) in [5, 5.41) is 0. The molecule has 3 rings (SSSR count). The maximum atomic E-state index is 13.0. The summed E-state index contributed by atoms with van der Waals surface area (Å²) in [5.74, 6) is 1.82. The quantitative estimate of drug-likeness (QED) is 0.866. The van der Waals surface area contributed by atoms with Crippen molar-refractivity contribution in [2.75, 3.05) is 19.7 Å². The minimum atomic E-state index is 0.234. The first-order valence-electron chi connectivity index (χ1n) is 9.85. The number of amides is 1. The highest BCUT2D eigenvalue weighted by molar-refractivity contribution is 5.79.